The molecule has 0 aliphatic carbocycles. The molecule has 1 aromatic rings. The van der Waals surface area contributed by atoms with Gasteiger partial charge in [-0.25, -0.2) is 4.79 Å². The minimum Gasteiger partial charge on any atom is -0.444 e. The number of hydrogen-bond acceptors (Lipinski definition) is 3. The van der Waals surface area contributed by atoms with E-state index in [-0.39, 0.29) is 18.1 Å². The highest BCUT2D eigenvalue weighted by molar-refractivity contribution is 9.10. The van der Waals surface area contributed by atoms with Crippen LogP contribution < -0.4 is 0 Å². The van der Waals surface area contributed by atoms with Crippen molar-refractivity contribution in [2.45, 2.75) is 51.9 Å². The third kappa shape index (κ3) is 4.23. The van der Waals surface area contributed by atoms with E-state index in [1.54, 1.807) is 4.90 Å². The summed E-state index contributed by atoms with van der Waals surface area (Å²) in [4.78, 5) is 14.3. The first-order chi connectivity index (χ1) is 10.2. The van der Waals surface area contributed by atoms with Crippen molar-refractivity contribution in [3.63, 3.8) is 0 Å². The van der Waals surface area contributed by atoms with Crippen LogP contribution in [0.1, 0.15) is 45.7 Å². The van der Waals surface area contributed by atoms with Crippen LogP contribution >= 0.6 is 15.9 Å². The molecule has 5 heteroatoms. The normalized spacial score (nSPS) is 25.9. The molecule has 0 radical (unpaired) electrons. The molecule has 1 N–H and O–H groups in total. The first kappa shape index (κ1) is 17.3. The lowest BCUT2D eigenvalue weighted by atomic mass is 9.88. The molecule has 1 fully saturated rings. The highest BCUT2D eigenvalue weighted by Gasteiger charge is 2.37. The summed E-state index contributed by atoms with van der Waals surface area (Å²) in [6.07, 6.45) is -0.212. The fourth-order valence-corrected chi connectivity index (χ4v) is 3.12. The van der Waals surface area contributed by atoms with E-state index in [0.29, 0.717) is 13.0 Å². The molecule has 1 aliphatic heterocycles. The van der Waals surface area contributed by atoms with Gasteiger partial charge in [-0.1, -0.05) is 35.0 Å². The zero-order chi connectivity index (χ0) is 16.5. The minimum absolute atomic E-state index is 0.0379. The van der Waals surface area contributed by atoms with E-state index >= 15 is 0 Å². The van der Waals surface area contributed by atoms with Crippen molar-refractivity contribution in [3.8, 4) is 0 Å². The topological polar surface area (TPSA) is 49.8 Å². The lowest BCUT2D eigenvalue weighted by molar-refractivity contribution is -0.0271. The first-order valence-electron chi connectivity index (χ1n) is 7.60. The highest BCUT2D eigenvalue weighted by atomic mass is 79.9. The summed E-state index contributed by atoms with van der Waals surface area (Å²) >= 11 is 3.46. The van der Waals surface area contributed by atoms with Gasteiger partial charge in [-0.2, -0.15) is 0 Å². The average Bonchev–Trinajstić information content (AvgIpc) is 2.39. The van der Waals surface area contributed by atoms with Crippen LogP contribution in [0.25, 0.3) is 0 Å². The number of likely N-dealkylation sites (tertiary alicyclic amines) is 1. The van der Waals surface area contributed by atoms with Crippen molar-refractivity contribution >= 4 is 22.0 Å². The number of halogens is 1. The predicted octanol–water partition coefficient (Wildman–Crippen LogP) is 4.13. The summed E-state index contributed by atoms with van der Waals surface area (Å²) in [5.41, 5.74) is 0.476. The smallest absolute Gasteiger partial charge is 0.410 e. The Morgan fingerprint density at radius 2 is 2.09 bits per heavy atom. The lowest BCUT2D eigenvalue weighted by Gasteiger charge is -2.41. The molecule has 0 aromatic heterocycles. The number of carbonyl (C=O) groups excluding carboxylic acids is 1. The molecular weight excluding hydrogens is 346 g/mol. The zero-order valence-corrected chi connectivity index (χ0v) is 15.1. The highest BCUT2D eigenvalue weighted by Crippen LogP contribution is 2.35. The van der Waals surface area contributed by atoms with Gasteiger partial charge in [-0.15, -0.1) is 0 Å². The molecule has 2 rings (SSSR count). The molecule has 1 amide bonds. The molecular formula is C17H24BrNO3. The molecule has 122 valence electrons. The van der Waals surface area contributed by atoms with Gasteiger partial charge in [-0.3, -0.25) is 0 Å². The maximum Gasteiger partial charge on any atom is 0.410 e. The van der Waals surface area contributed by atoms with Gasteiger partial charge in [0.15, 0.2) is 0 Å². The van der Waals surface area contributed by atoms with Crippen molar-refractivity contribution in [1.29, 1.82) is 0 Å². The fraction of sp³-hybridized carbons (Fsp3) is 0.588. The van der Waals surface area contributed by atoms with Crippen LogP contribution in [0, 0.1) is 5.92 Å². The van der Waals surface area contributed by atoms with Gasteiger partial charge in [0, 0.05) is 11.0 Å². The Balaban J connectivity index is 2.28. The molecule has 3 atom stereocenters. The number of piperidine rings is 1. The molecule has 0 saturated carbocycles. The summed E-state index contributed by atoms with van der Waals surface area (Å²) < 4.78 is 6.50. The van der Waals surface area contributed by atoms with Crippen LogP contribution in [0.3, 0.4) is 0 Å². The van der Waals surface area contributed by atoms with Crippen LogP contribution in [0.4, 0.5) is 4.79 Å². The summed E-state index contributed by atoms with van der Waals surface area (Å²) in [5, 5.41) is 10.2. The molecule has 1 heterocycles. The molecule has 0 spiro atoms. The number of ether oxygens (including phenoxy) is 1. The van der Waals surface area contributed by atoms with Crippen molar-refractivity contribution in [2.75, 3.05) is 6.54 Å². The number of rotatable bonds is 1. The molecule has 1 saturated heterocycles. The van der Waals surface area contributed by atoms with Gasteiger partial charge in [0.25, 0.3) is 0 Å². The van der Waals surface area contributed by atoms with E-state index in [2.05, 4.69) is 15.9 Å². The summed E-state index contributed by atoms with van der Waals surface area (Å²) in [6.45, 7) is 8.04. The van der Waals surface area contributed by atoms with Gasteiger partial charge < -0.3 is 14.7 Å². The Kier molecular flexibility index (Phi) is 5.17. The first-order valence-corrected chi connectivity index (χ1v) is 8.40. The number of hydrogen-bond donors (Lipinski definition) is 1. The fourth-order valence-electron chi connectivity index (χ4n) is 2.70. The second-order valence-electron chi connectivity index (χ2n) is 6.98. The molecule has 3 unspecified atom stereocenters. The molecule has 4 nitrogen and oxygen atoms in total. The third-order valence-electron chi connectivity index (χ3n) is 3.84. The van der Waals surface area contributed by atoms with Gasteiger partial charge in [0.05, 0.1) is 12.1 Å². The Morgan fingerprint density at radius 3 is 2.68 bits per heavy atom. The molecule has 1 aromatic carbocycles. The maximum atomic E-state index is 12.5. The van der Waals surface area contributed by atoms with Crippen molar-refractivity contribution in [2.24, 2.45) is 5.92 Å². The van der Waals surface area contributed by atoms with E-state index < -0.39 is 11.7 Å². The molecule has 0 bridgehead atoms. The number of aliphatic hydroxyl groups excluding tert-OH is 1. The number of benzene rings is 1. The SMILES string of the molecule is CC1CN(C(=O)OC(C)(C)C)C(c2cccc(Br)c2)CC1O. The van der Waals surface area contributed by atoms with Gasteiger partial charge in [0.1, 0.15) is 5.60 Å². The van der Waals surface area contributed by atoms with Gasteiger partial charge >= 0.3 is 6.09 Å². The lowest BCUT2D eigenvalue weighted by Crippen LogP contribution is -2.48. The summed E-state index contributed by atoms with van der Waals surface area (Å²) in [7, 11) is 0. The van der Waals surface area contributed by atoms with E-state index in [9.17, 15) is 9.90 Å². The average molecular weight is 370 g/mol. The number of aliphatic hydroxyl groups is 1. The molecule has 1 aliphatic rings. The monoisotopic (exact) mass is 369 g/mol. The van der Waals surface area contributed by atoms with Gasteiger partial charge in [-0.05, 0) is 50.8 Å². The van der Waals surface area contributed by atoms with Crippen molar-refractivity contribution in [1.82, 2.24) is 4.90 Å². The Morgan fingerprint density at radius 1 is 1.41 bits per heavy atom. The van der Waals surface area contributed by atoms with E-state index in [1.807, 2.05) is 52.0 Å². The Labute approximate surface area is 140 Å². The summed E-state index contributed by atoms with van der Waals surface area (Å²) in [5.74, 6) is 0.0379. The van der Waals surface area contributed by atoms with Gasteiger partial charge in [0.2, 0.25) is 0 Å². The van der Waals surface area contributed by atoms with Crippen LogP contribution in [0.5, 0.6) is 0 Å². The second-order valence-corrected chi connectivity index (χ2v) is 7.90. The van der Waals surface area contributed by atoms with Crippen molar-refractivity contribution in [3.05, 3.63) is 34.3 Å². The zero-order valence-electron chi connectivity index (χ0n) is 13.5. The van der Waals surface area contributed by atoms with Crippen molar-refractivity contribution < 1.29 is 14.6 Å². The second kappa shape index (κ2) is 6.59. The van der Waals surface area contributed by atoms with Crippen LogP contribution in [0.2, 0.25) is 0 Å². The largest absolute Gasteiger partial charge is 0.444 e. The quantitative estimate of drug-likeness (QED) is 0.809. The van der Waals surface area contributed by atoms with Crippen LogP contribution in [0.15, 0.2) is 28.7 Å². The molecule has 22 heavy (non-hydrogen) atoms. The van der Waals surface area contributed by atoms with E-state index in [4.69, 9.17) is 4.74 Å². The summed E-state index contributed by atoms with van der Waals surface area (Å²) in [6, 6.07) is 7.69. The third-order valence-corrected chi connectivity index (χ3v) is 4.34. The number of carbonyl (C=O) groups is 1. The van der Waals surface area contributed by atoms with Crippen LogP contribution in [-0.4, -0.2) is 34.3 Å². The van der Waals surface area contributed by atoms with Crippen LogP contribution in [-0.2, 0) is 4.74 Å². The number of nitrogens with zero attached hydrogens (tertiary/aromatic N) is 1. The number of amides is 1. The minimum atomic E-state index is -0.530. The maximum absolute atomic E-state index is 12.5. The standard InChI is InChI=1S/C17H24BrNO3/c1-11-10-19(16(21)22-17(2,3)4)14(9-15(11)20)12-6-5-7-13(18)8-12/h5-8,11,14-15,20H,9-10H2,1-4H3. The van der Waals surface area contributed by atoms with E-state index in [0.717, 1.165) is 10.0 Å². The Bertz CT molecular complexity index is 541. The predicted molar refractivity (Wildman–Crippen MR) is 89.6 cm³/mol. The Hall–Kier alpha value is -1.07. The van der Waals surface area contributed by atoms with E-state index in [1.165, 1.54) is 0 Å².